The van der Waals surface area contributed by atoms with Gasteiger partial charge < -0.3 is 19.4 Å². The van der Waals surface area contributed by atoms with E-state index in [0.29, 0.717) is 13.1 Å². The summed E-state index contributed by atoms with van der Waals surface area (Å²) in [4.78, 5) is 31.8. The fourth-order valence-electron chi connectivity index (χ4n) is 4.36. The van der Waals surface area contributed by atoms with Gasteiger partial charge in [-0.05, 0) is 37.3 Å². The van der Waals surface area contributed by atoms with E-state index in [2.05, 4.69) is 11.9 Å². The third-order valence-electron chi connectivity index (χ3n) is 6.49. The van der Waals surface area contributed by atoms with Gasteiger partial charge in [0.05, 0.1) is 5.92 Å². The summed E-state index contributed by atoms with van der Waals surface area (Å²) >= 11 is 0. The maximum Gasteiger partial charge on any atom is 0.410 e. The van der Waals surface area contributed by atoms with E-state index >= 15 is 0 Å². The fourth-order valence-corrected chi connectivity index (χ4v) is 4.36. The molecule has 0 aromatic heterocycles. The first-order chi connectivity index (χ1) is 13.1. The Morgan fingerprint density at radius 1 is 1.00 bits per heavy atom. The first-order valence-corrected chi connectivity index (χ1v) is 10.0. The number of piperazine rings is 1. The molecule has 1 aromatic carbocycles. The summed E-state index contributed by atoms with van der Waals surface area (Å²) in [6.45, 7) is 4.90. The van der Waals surface area contributed by atoms with Crippen LogP contribution in [0.15, 0.2) is 30.3 Å². The van der Waals surface area contributed by atoms with Crippen molar-refractivity contribution in [3.05, 3.63) is 35.9 Å². The highest BCUT2D eigenvalue weighted by Gasteiger charge is 2.56. The van der Waals surface area contributed by atoms with Crippen LogP contribution in [0.4, 0.5) is 4.79 Å². The summed E-state index contributed by atoms with van der Waals surface area (Å²) in [6.07, 6.45) is 2.84. The van der Waals surface area contributed by atoms with Gasteiger partial charge in [-0.1, -0.05) is 30.3 Å². The van der Waals surface area contributed by atoms with Gasteiger partial charge in [-0.2, -0.15) is 0 Å². The SMILES string of the molecule is CN1CCN(C(=O)C2CN(C(=O)OCc3ccccc3)CCC23CC3)CC1. The highest BCUT2D eigenvalue weighted by molar-refractivity contribution is 5.81. The number of carbonyl (C=O) groups is 2. The number of likely N-dealkylation sites (tertiary alicyclic amines) is 1. The Balaban J connectivity index is 1.37. The number of nitrogens with zero attached hydrogens (tertiary/aromatic N) is 3. The van der Waals surface area contributed by atoms with Gasteiger partial charge in [0, 0.05) is 39.3 Å². The van der Waals surface area contributed by atoms with Gasteiger partial charge in [-0.15, -0.1) is 0 Å². The van der Waals surface area contributed by atoms with Crippen molar-refractivity contribution in [1.82, 2.24) is 14.7 Å². The molecule has 1 spiro atoms. The molecule has 1 aromatic rings. The predicted octanol–water partition coefficient (Wildman–Crippen LogP) is 2.20. The highest BCUT2D eigenvalue weighted by atomic mass is 16.6. The second kappa shape index (κ2) is 7.50. The number of benzene rings is 1. The molecular weight excluding hydrogens is 342 g/mol. The Morgan fingerprint density at radius 3 is 2.37 bits per heavy atom. The number of likely N-dealkylation sites (N-methyl/N-ethyl adjacent to an activating group) is 1. The van der Waals surface area contributed by atoms with Crippen LogP contribution in [0.1, 0.15) is 24.8 Å². The third-order valence-corrected chi connectivity index (χ3v) is 6.49. The minimum atomic E-state index is -0.300. The Morgan fingerprint density at radius 2 is 1.70 bits per heavy atom. The second-order valence-electron chi connectivity index (χ2n) is 8.28. The van der Waals surface area contributed by atoms with E-state index in [4.69, 9.17) is 4.74 Å². The van der Waals surface area contributed by atoms with Crippen molar-refractivity contribution in [2.75, 3.05) is 46.3 Å². The molecular formula is C21H29N3O3. The topological polar surface area (TPSA) is 53.1 Å². The van der Waals surface area contributed by atoms with E-state index in [0.717, 1.165) is 51.0 Å². The zero-order valence-corrected chi connectivity index (χ0v) is 16.1. The van der Waals surface area contributed by atoms with Crippen LogP contribution in [0, 0.1) is 11.3 Å². The van der Waals surface area contributed by atoms with Crippen molar-refractivity contribution < 1.29 is 14.3 Å². The fraction of sp³-hybridized carbons (Fsp3) is 0.619. The van der Waals surface area contributed by atoms with Crippen LogP contribution in [0.25, 0.3) is 0 Å². The maximum atomic E-state index is 13.2. The molecule has 1 saturated carbocycles. The standard InChI is InChI=1S/C21H29N3O3/c1-22-11-13-23(14-12-22)19(25)18-15-24(10-9-21(18)7-8-21)20(26)27-16-17-5-3-2-4-6-17/h2-6,18H,7-16H2,1H3. The van der Waals surface area contributed by atoms with Crippen LogP contribution in [-0.4, -0.2) is 73.0 Å². The molecule has 1 unspecified atom stereocenters. The molecule has 1 aliphatic carbocycles. The lowest BCUT2D eigenvalue weighted by Crippen LogP contribution is -2.55. The normalized spacial score (nSPS) is 24.7. The average Bonchev–Trinajstić information content (AvgIpc) is 3.47. The van der Waals surface area contributed by atoms with Crippen molar-refractivity contribution in [2.45, 2.75) is 25.9 Å². The van der Waals surface area contributed by atoms with Crippen LogP contribution in [0.2, 0.25) is 0 Å². The number of hydrogen-bond acceptors (Lipinski definition) is 4. The minimum Gasteiger partial charge on any atom is -0.445 e. The van der Waals surface area contributed by atoms with Gasteiger partial charge >= 0.3 is 6.09 Å². The van der Waals surface area contributed by atoms with E-state index in [1.165, 1.54) is 0 Å². The van der Waals surface area contributed by atoms with Crippen LogP contribution in [0.5, 0.6) is 0 Å². The summed E-state index contributed by atoms with van der Waals surface area (Å²) in [5, 5.41) is 0. The smallest absolute Gasteiger partial charge is 0.410 e. The van der Waals surface area contributed by atoms with E-state index in [9.17, 15) is 9.59 Å². The Labute approximate surface area is 161 Å². The lowest BCUT2D eigenvalue weighted by atomic mass is 9.81. The van der Waals surface area contributed by atoms with E-state index in [1.807, 2.05) is 35.2 Å². The minimum absolute atomic E-state index is 0.0704. The number of piperidine rings is 1. The van der Waals surface area contributed by atoms with Crippen LogP contribution in [0.3, 0.4) is 0 Å². The molecule has 3 aliphatic rings. The second-order valence-corrected chi connectivity index (χ2v) is 8.28. The molecule has 0 bridgehead atoms. The largest absolute Gasteiger partial charge is 0.445 e. The lowest BCUT2D eigenvalue weighted by Gasteiger charge is -2.41. The highest BCUT2D eigenvalue weighted by Crippen LogP contribution is 2.57. The van der Waals surface area contributed by atoms with Gasteiger partial charge in [-0.25, -0.2) is 4.79 Å². The number of carbonyl (C=O) groups excluding carboxylic acids is 2. The van der Waals surface area contributed by atoms with Crippen LogP contribution in [-0.2, 0) is 16.1 Å². The van der Waals surface area contributed by atoms with Crippen molar-refractivity contribution >= 4 is 12.0 Å². The number of amides is 2. The van der Waals surface area contributed by atoms with Crippen LogP contribution >= 0.6 is 0 Å². The molecule has 2 aliphatic heterocycles. The van der Waals surface area contributed by atoms with Crippen molar-refractivity contribution in [3.8, 4) is 0 Å². The molecule has 4 rings (SSSR count). The zero-order valence-electron chi connectivity index (χ0n) is 16.1. The van der Waals surface area contributed by atoms with Gasteiger partial charge in [0.1, 0.15) is 6.61 Å². The lowest BCUT2D eigenvalue weighted by molar-refractivity contribution is -0.141. The summed E-state index contributed by atoms with van der Waals surface area (Å²) in [6, 6.07) is 9.71. The molecule has 6 heteroatoms. The molecule has 0 radical (unpaired) electrons. The van der Waals surface area contributed by atoms with E-state index in [1.54, 1.807) is 4.90 Å². The third kappa shape index (κ3) is 3.95. The molecule has 146 valence electrons. The Kier molecular flexibility index (Phi) is 5.08. The molecule has 1 atom stereocenters. The Hall–Kier alpha value is -2.08. The summed E-state index contributed by atoms with van der Waals surface area (Å²) < 4.78 is 5.50. The molecule has 2 saturated heterocycles. The van der Waals surface area contributed by atoms with Crippen molar-refractivity contribution in [1.29, 1.82) is 0 Å². The zero-order chi connectivity index (χ0) is 18.9. The maximum absolute atomic E-state index is 13.2. The molecule has 2 amide bonds. The predicted molar refractivity (Wildman–Crippen MR) is 102 cm³/mol. The van der Waals surface area contributed by atoms with Gasteiger partial charge in [0.2, 0.25) is 5.91 Å². The molecule has 27 heavy (non-hydrogen) atoms. The summed E-state index contributed by atoms with van der Waals surface area (Å²) in [5.74, 6) is 0.167. The summed E-state index contributed by atoms with van der Waals surface area (Å²) in [7, 11) is 2.09. The van der Waals surface area contributed by atoms with Crippen LogP contribution < -0.4 is 0 Å². The molecule has 2 heterocycles. The molecule has 3 fully saturated rings. The van der Waals surface area contributed by atoms with E-state index < -0.39 is 0 Å². The first-order valence-electron chi connectivity index (χ1n) is 10.0. The van der Waals surface area contributed by atoms with Gasteiger partial charge in [-0.3, -0.25) is 4.79 Å². The van der Waals surface area contributed by atoms with Crippen molar-refractivity contribution in [3.63, 3.8) is 0 Å². The van der Waals surface area contributed by atoms with Crippen molar-refractivity contribution in [2.24, 2.45) is 11.3 Å². The van der Waals surface area contributed by atoms with Gasteiger partial charge in [0.15, 0.2) is 0 Å². The average molecular weight is 371 g/mol. The number of rotatable bonds is 3. The first kappa shape index (κ1) is 18.3. The van der Waals surface area contributed by atoms with Gasteiger partial charge in [0.25, 0.3) is 0 Å². The summed E-state index contributed by atoms with van der Waals surface area (Å²) in [5.41, 5.74) is 1.11. The quantitative estimate of drug-likeness (QED) is 0.817. The number of ether oxygens (including phenoxy) is 1. The molecule has 0 N–H and O–H groups in total. The molecule has 6 nitrogen and oxygen atoms in total. The monoisotopic (exact) mass is 371 g/mol. The number of hydrogen-bond donors (Lipinski definition) is 0. The van der Waals surface area contributed by atoms with E-state index in [-0.39, 0.29) is 29.9 Å². The Bertz CT molecular complexity index is 681.